The van der Waals surface area contributed by atoms with Gasteiger partial charge in [-0.1, -0.05) is 30.3 Å². The van der Waals surface area contributed by atoms with Crippen LogP contribution in [0.5, 0.6) is 0 Å². The first-order valence-corrected chi connectivity index (χ1v) is 5.62. The lowest BCUT2D eigenvalue weighted by atomic mass is 9.87. The van der Waals surface area contributed by atoms with Crippen molar-refractivity contribution in [2.24, 2.45) is 7.05 Å². The normalized spacial score (nSPS) is 18.6. The van der Waals surface area contributed by atoms with Crippen molar-refractivity contribution in [1.29, 1.82) is 0 Å². The van der Waals surface area contributed by atoms with E-state index in [4.69, 9.17) is 0 Å². The van der Waals surface area contributed by atoms with Crippen LogP contribution >= 0.6 is 0 Å². The minimum Gasteiger partial charge on any atom is -0.311 e. The molecule has 1 N–H and O–H groups in total. The van der Waals surface area contributed by atoms with Crippen LogP contribution in [0.3, 0.4) is 0 Å². The van der Waals surface area contributed by atoms with E-state index in [0.29, 0.717) is 6.42 Å². The van der Waals surface area contributed by atoms with E-state index >= 15 is 0 Å². The first-order valence-electron chi connectivity index (χ1n) is 5.62. The predicted molar refractivity (Wildman–Crippen MR) is 64.7 cm³/mol. The maximum Gasteiger partial charge on any atom is 0.226 e. The van der Waals surface area contributed by atoms with E-state index in [1.807, 2.05) is 31.4 Å². The van der Waals surface area contributed by atoms with Crippen molar-refractivity contribution >= 4 is 11.7 Å². The number of carbonyl (C=O) groups excluding carboxylic acids is 1. The number of carbonyl (C=O) groups is 1. The Labute approximate surface area is 99.3 Å². The lowest BCUT2D eigenvalue weighted by molar-refractivity contribution is -0.116. The number of aromatic nitrogens is 2. The Morgan fingerprint density at radius 1 is 1.35 bits per heavy atom. The molecule has 2 heterocycles. The summed E-state index contributed by atoms with van der Waals surface area (Å²) in [5.74, 6) is 0.985. The predicted octanol–water partition coefficient (Wildman–Crippen LogP) is 1.89. The van der Waals surface area contributed by atoms with Crippen LogP contribution in [-0.4, -0.2) is 15.7 Å². The van der Waals surface area contributed by atoms with E-state index in [9.17, 15) is 4.79 Å². The molecule has 4 nitrogen and oxygen atoms in total. The molecule has 1 aromatic carbocycles. The zero-order valence-corrected chi connectivity index (χ0v) is 9.55. The van der Waals surface area contributed by atoms with Crippen LogP contribution in [-0.2, 0) is 11.8 Å². The summed E-state index contributed by atoms with van der Waals surface area (Å²) in [7, 11) is 1.84. The first kappa shape index (κ1) is 10.1. The number of hydrogen-bond donors (Lipinski definition) is 1. The fourth-order valence-electron chi connectivity index (χ4n) is 2.32. The molecule has 0 radical (unpaired) electrons. The number of amides is 1. The average Bonchev–Trinajstić information content (AvgIpc) is 2.72. The van der Waals surface area contributed by atoms with E-state index in [1.165, 1.54) is 0 Å². The van der Waals surface area contributed by atoms with Gasteiger partial charge in [0, 0.05) is 24.9 Å². The summed E-state index contributed by atoms with van der Waals surface area (Å²) in [6.07, 6.45) is 2.33. The molecule has 1 amide bonds. The molecule has 86 valence electrons. The quantitative estimate of drug-likeness (QED) is 0.808. The monoisotopic (exact) mass is 227 g/mol. The molecule has 0 aliphatic carbocycles. The van der Waals surface area contributed by atoms with Gasteiger partial charge in [0.1, 0.15) is 5.82 Å². The maximum atomic E-state index is 11.7. The molecule has 0 fully saturated rings. The molecule has 0 spiro atoms. The van der Waals surface area contributed by atoms with Gasteiger partial charge >= 0.3 is 0 Å². The van der Waals surface area contributed by atoms with Crippen LogP contribution in [0.25, 0.3) is 0 Å². The number of nitrogens with zero attached hydrogens (tertiary/aromatic N) is 2. The highest BCUT2D eigenvalue weighted by Gasteiger charge is 2.28. The van der Waals surface area contributed by atoms with Crippen molar-refractivity contribution in [1.82, 2.24) is 9.78 Å². The molecule has 1 aromatic heterocycles. The third kappa shape index (κ3) is 1.62. The van der Waals surface area contributed by atoms with Gasteiger partial charge in [-0.3, -0.25) is 9.48 Å². The topological polar surface area (TPSA) is 46.9 Å². The van der Waals surface area contributed by atoms with Crippen LogP contribution in [0.2, 0.25) is 0 Å². The number of hydrogen-bond acceptors (Lipinski definition) is 2. The van der Waals surface area contributed by atoms with E-state index < -0.39 is 0 Å². The van der Waals surface area contributed by atoms with E-state index in [2.05, 4.69) is 22.5 Å². The lowest BCUT2D eigenvalue weighted by Gasteiger charge is -2.23. The second-order valence-corrected chi connectivity index (χ2v) is 4.29. The molecule has 17 heavy (non-hydrogen) atoms. The number of nitrogens with one attached hydrogen (secondary N) is 1. The molecule has 0 saturated carbocycles. The van der Waals surface area contributed by atoms with Crippen LogP contribution in [0.1, 0.15) is 23.5 Å². The zero-order valence-electron chi connectivity index (χ0n) is 9.55. The van der Waals surface area contributed by atoms with Crippen molar-refractivity contribution in [3.8, 4) is 0 Å². The highest BCUT2D eigenvalue weighted by molar-refractivity contribution is 5.94. The number of fused-ring (bicyclic) bond motifs is 1. The standard InChI is InChI=1S/C13H13N3O/c1-16-13-11(8-14-16)10(7-12(17)15-13)9-5-3-2-4-6-9/h2-6,8,10H,7H2,1H3,(H,15,17)/t10-/m1/s1. The van der Waals surface area contributed by atoms with Crippen molar-refractivity contribution in [2.75, 3.05) is 5.32 Å². The van der Waals surface area contributed by atoms with E-state index in [1.54, 1.807) is 4.68 Å². The van der Waals surface area contributed by atoms with Gasteiger partial charge < -0.3 is 5.32 Å². The van der Waals surface area contributed by atoms with E-state index in [-0.39, 0.29) is 11.8 Å². The fourth-order valence-corrected chi connectivity index (χ4v) is 2.32. The molecule has 0 saturated heterocycles. The Morgan fingerprint density at radius 2 is 2.12 bits per heavy atom. The number of rotatable bonds is 1. The Kier molecular flexibility index (Phi) is 2.21. The SMILES string of the molecule is Cn1ncc2c1NC(=O)C[C@@H]2c1ccccc1. The summed E-state index contributed by atoms with van der Waals surface area (Å²) in [5, 5.41) is 7.08. The number of anilines is 1. The Bertz CT molecular complexity index is 559. The average molecular weight is 227 g/mol. The summed E-state index contributed by atoms with van der Waals surface area (Å²) in [5.41, 5.74) is 2.26. The molecule has 0 bridgehead atoms. The third-order valence-corrected chi connectivity index (χ3v) is 3.19. The van der Waals surface area contributed by atoms with Gasteiger partial charge in [0.15, 0.2) is 0 Å². The Balaban J connectivity index is 2.10. The largest absolute Gasteiger partial charge is 0.311 e. The molecule has 3 rings (SSSR count). The van der Waals surface area contributed by atoms with Crippen LogP contribution < -0.4 is 5.32 Å². The summed E-state index contributed by atoms with van der Waals surface area (Å²) in [6.45, 7) is 0. The maximum absolute atomic E-state index is 11.7. The molecular weight excluding hydrogens is 214 g/mol. The first-order chi connectivity index (χ1) is 8.25. The van der Waals surface area contributed by atoms with Crippen LogP contribution in [0.15, 0.2) is 36.5 Å². The highest BCUT2D eigenvalue weighted by Crippen LogP contribution is 2.36. The van der Waals surface area contributed by atoms with Crippen LogP contribution in [0.4, 0.5) is 5.82 Å². The molecule has 1 aliphatic heterocycles. The van der Waals surface area contributed by atoms with Gasteiger partial charge in [-0.25, -0.2) is 0 Å². The summed E-state index contributed by atoms with van der Waals surface area (Å²) < 4.78 is 1.71. The van der Waals surface area contributed by atoms with Gasteiger partial charge in [-0.05, 0) is 5.56 Å². The number of benzene rings is 1. The minimum absolute atomic E-state index is 0.0509. The zero-order chi connectivity index (χ0) is 11.8. The second-order valence-electron chi connectivity index (χ2n) is 4.29. The number of aryl methyl sites for hydroxylation is 1. The summed E-state index contributed by atoms with van der Waals surface area (Å²) in [4.78, 5) is 11.7. The van der Waals surface area contributed by atoms with E-state index in [0.717, 1.165) is 16.9 Å². The van der Waals surface area contributed by atoms with Gasteiger partial charge in [-0.2, -0.15) is 5.10 Å². The molecule has 1 aliphatic rings. The summed E-state index contributed by atoms with van der Waals surface area (Å²) in [6, 6.07) is 10.1. The molecule has 1 atom stereocenters. The fraction of sp³-hybridized carbons (Fsp3) is 0.231. The highest BCUT2D eigenvalue weighted by atomic mass is 16.1. The molecular formula is C13H13N3O. The van der Waals surface area contributed by atoms with Crippen molar-refractivity contribution in [2.45, 2.75) is 12.3 Å². The molecule has 0 unspecified atom stereocenters. The molecule has 2 aromatic rings. The smallest absolute Gasteiger partial charge is 0.226 e. The summed E-state index contributed by atoms with van der Waals surface area (Å²) >= 11 is 0. The Morgan fingerprint density at radius 3 is 2.88 bits per heavy atom. The van der Waals surface area contributed by atoms with Gasteiger partial charge in [0.25, 0.3) is 0 Å². The minimum atomic E-state index is 0.0509. The van der Waals surface area contributed by atoms with Gasteiger partial charge in [0.05, 0.1) is 6.20 Å². The van der Waals surface area contributed by atoms with Crippen molar-refractivity contribution < 1.29 is 4.79 Å². The van der Waals surface area contributed by atoms with Crippen LogP contribution in [0, 0.1) is 0 Å². The third-order valence-electron chi connectivity index (χ3n) is 3.19. The molecule has 4 heteroatoms. The Hall–Kier alpha value is -2.10. The second kappa shape index (κ2) is 3.73. The van der Waals surface area contributed by atoms with Crippen molar-refractivity contribution in [3.05, 3.63) is 47.7 Å². The van der Waals surface area contributed by atoms with Gasteiger partial charge in [0.2, 0.25) is 5.91 Å². The van der Waals surface area contributed by atoms with Gasteiger partial charge in [-0.15, -0.1) is 0 Å². The lowest BCUT2D eigenvalue weighted by Crippen LogP contribution is -2.24. The van der Waals surface area contributed by atoms with Crippen molar-refractivity contribution in [3.63, 3.8) is 0 Å².